The zero-order chi connectivity index (χ0) is 9.30. The number of anilines is 1. The van der Waals surface area contributed by atoms with Gasteiger partial charge in [-0.2, -0.15) is 0 Å². The Kier molecular flexibility index (Phi) is 2.56. The lowest BCUT2D eigenvalue weighted by Crippen LogP contribution is -1.97. The van der Waals surface area contributed by atoms with E-state index in [-0.39, 0.29) is 11.5 Å². The Bertz CT molecular complexity index is 336. The number of phenols is 1. The van der Waals surface area contributed by atoms with Crippen LogP contribution < -0.4 is 5.73 Å². The molecule has 1 aromatic rings. The van der Waals surface area contributed by atoms with Gasteiger partial charge in [0.05, 0.1) is 9.13 Å². The van der Waals surface area contributed by atoms with E-state index in [2.05, 4.69) is 0 Å². The summed E-state index contributed by atoms with van der Waals surface area (Å²) in [5.41, 5.74) is 6.31. The number of nitrogens with two attached hydrogens (primary N) is 1. The van der Waals surface area contributed by atoms with Crippen molar-refractivity contribution < 1.29 is 9.90 Å². The lowest BCUT2D eigenvalue weighted by molar-refractivity contribution is 0.101. The highest BCUT2D eigenvalue weighted by Gasteiger charge is 2.10. The Morgan fingerprint density at radius 2 is 2.17 bits per heavy atom. The first-order valence-corrected chi connectivity index (χ1v) is 4.39. The van der Waals surface area contributed by atoms with E-state index < -0.39 is 0 Å². The average molecular weight is 277 g/mol. The highest BCUT2D eigenvalue weighted by molar-refractivity contribution is 14.1. The molecule has 0 radical (unpaired) electrons. The van der Waals surface area contributed by atoms with Crippen LogP contribution in [-0.2, 0) is 0 Å². The number of halogens is 1. The van der Waals surface area contributed by atoms with Crippen LogP contribution in [0.15, 0.2) is 12.1 Å². The van der Waals surface area contributed by atoms with Gasteiger partial charge in [0.2, 0.25) is 0 Å². The van der Waals surface area contributed by atoms with Gasteiger partial charge in [0.1, 0.15) is 5.75 Å². The molecule has 0 unspecified atom stereocenters. The fourth-order valence-electron chi connectivity index (χ4n) is 0.864. The van der Waals surface area contributed by atoms with Gasteiger partial charge in [-0.15, -0.1) is 0 Å². The fraction of sp³-hybridized carbons (Fsp3) is 0.125. The van der Waals surface area contributed by atoms with E-state index >= 15 is 0 Å². The van der Waals surface area contributed by atoms with E-state index in [0.29, 0.717) is 14.8 Å². The molecule has 1 rings (SSSR count). The summed E-state index contributed by atoms with van der Waals surface area (Å²) in [6, 6.07) is 3.13. The van der Waals surface area contributed by atoms with Crippen LogP contribution in [0, 0.1) is 3.57 Å². The number of hydrogen-bond acceptors (Lipinski definition) is 3. The molecule has 64 valence electrons. The molecular weight excluding hydrogens is 269 g/mol. The van der Waals surface area contributed by atoms with Crippen molar-refractivity contribution in [1.82, 2.24) is 0 Å². The first-order chi connectivity index (χ1) is 5.54. The third-order valence-corrected chi connectivity index (χ3v) is 2.66. The summed E-state index contributed by atoms with van der Waals surface area (Å²) in [5.74, 6) is -0.187. The van der Waals surface area contributed by atoms with Crippen molar-refractivity contribution in [2.24, 2.45) is 0 Å². The molecule has 0 saturated carbocycles. The van der Waals surface area contributed by atoms with Gasteiger partial charge in [0.15, 0.2) is 5.78 Å². The summed E-state index contributed by atoms with van der Waals surface area (Å²) in [6.45, 7) is 1.40. The van der Waals surface area contributed by atoms with E-state index in [1.165, 1.54) is 13.0 Å². The lowest BCUT2D eigenvalue weighted by Gasteiger charge is -2.04. The van der Waals surface area contributed by atoms with Gasteiger partial charge >= 0.3 is 0 Å². The number of ketones is 1. The number of aromatic hydroxyl groups is 1. The molecule has 12 heavy (non-hydrogen) atoms. The van der Waals surface area contributed by atoms with E-state index in [1.807, 2.05) is 22.6 Å². The van der Waals surface area contributed by atoms with Gasteiger partial charge in [-0.05, 0) is 41.6 Å². The minimum atomic E-state index is -0.162. The maximum Gasteiger partial charge on any atom is 0.163 e. The van der Waals surface area contributed by atoms with E-state index in [1.54, 1.807) is 6.07 Å². The molecule has 0 fully saturated rings. The zero-order valence-electron chi connectivity index (χ0n) is 6.47. The monoisotopic (exact) mass is 277 g/mol. The van der Waals surface area contributed by atoms with E-state index in [0.717, 1.165) is 0 Å². The summed E-state index contributed by atoms with van der Waals surface area (Å²) < 4.78 is 0.528. The average Bonchev–Trinajstić information content (AvgIpc) is 2.00. The Labute approximate surface area is 83.7 Å². The molecule has 4 heteroatoms. The molecule has 0 atom stereocenters. The molecule has 0 aromatic heterocycles. The summed E-state index contributed by atoms with van der Waals surface area (Å²) in [6.07, 6.45) is 0. The van der Waals surface area contributed by atoms with Crippen molar-refractivity contribution in [3.05, 3.63) is 21.3 Å². The molecule has 0 bridgehead atoms. The fourth-order valence-corrected chi connectivity index (χ4v) is 1.33. The van der Waals surface area contributed by atoms with Crippen LogP contribution in [0.5, 0.6) is 5.75 Å². The molecule has 1 aromatic carbocycles. The standard InChI is InChI=1S/C8H8INO2/c1-4(11)5-2-3-6(10)7(9)8(5)12/h2-3,12H,10H2,1H3. The van der Waals surface area contributed by atoms with Crippen molar-refractivity contribution in [2.75, 3.05) is 5.73 Å². The van der Waals surface area contributed by atoms with Crippen LogP contribution in [0.3, 0.4) is 0 Å². The quantitative estimate of drug-likeness (QED) is 0.467. The summed E-state index contributed by atoms with van der Waals surface area (Å²) in [5, 5.41) is 9.44. The number of carbonyl (C=O) groups is 1. The molecule has 0 spiro atoms. The second kappa shape index (κ2) is 3.30. The Balaban J connectivity index is 3.36. The smallest absolute Gasteiger partial charge is 0.163 e. The molecular formula is C8H8INO2. The Hall–Kier alpha value is -0.780. The molecule has 0 aliphatic heterocycles. The third kappa shape index (κ3) is 1.52. The van der Waals surface area contributed by atoms with Crippen LogP contribution in [0.25, 0.3) is 0 Å². The highest BCUT2D eigenvalue weighted by Crippen LogP contribution is 2.29. The molecule has 3 nitrogen and oxygen atoms in total. The zero-order valence-corrected chi connectivity index (χ0v) is 8.62. The van der Waals surface area contributed by atoms with E-state index in [9.17, 15) is 9.90 Å². The highest BCUT2D eigenvalue weighted by atomic mass is 127. The maximum absolute atomic E-state index is 10.9. The SMILES string of the molecule is CC(=O)c1ccc(N)c(I)c1O. The molecule has 0 aliphatic rings. The van der Waals surface area contributed by atoms with Crippen LogP contribution >= 0.6 is 22.6 Å². The van der Waals surface area contributed by atoms with Crippen LogP contribution in [0.2, 0.25) is 0 Å². The molecule has 0 amide bonds. The predicted molar refractivity (Wildman–Crippen MR) is 55.2 cm³/mol. The minimum absolute atomic E-state index is 0.0249. The lowest BCUT2D eigenvalue weighted by atomic mass is 10.1. The number of nitrogen functional groups attached to an aromatic ring is 1. The first kappa shape index (κ1) is 9.31. The van der Waals surface area contributed by atoms with Gasteiger partial charge in [-0.25, -0.2) is 0 Å². The van der Waals surface area contributed by atoms with Crippen LogP contribution in [-0.4, -0.2) is 10.9 Å². The largest absolute Gasteiger partial charge is 0.506 e. The van der Waals surface area contributed by atoms with Gasteiger partial charge in [-0.1, -0.05) is 0 Å². The number of phenolic OH excluding ortho intramolecular Hbond substituents is 1. The van der Waals surface area contributed by atoms with Crippen molar-refractivity contribution in [2.45, 2.75) is 6.92 Å². The number of Topliss-reactive ketones (excluding diaryl/α,β-unsaturated/α-hetero) is 1. The minimum Gasteiger partial charge on any atom is -0.506 e. The topological polar surface area (TPSA) is 63.3 Å². The molecule has 3 N–H and O–H groups in total. The molecule has 0 heterocycles. The van der Waals surface area contributed by atoms with Crippen molar-refractivity contribution in [3.8, 4) is 5.75 Å². The third-order valence-electron chi connectivity index (χ3n) is 1.53. The number of rotatable bonds is 1. The second-order valence-electron chi connectivity index (χ2n) is 2.42. The second-order valence-corrected chi connectivity index (χ2v) is 3.50. The normalized spacial score (nSPS) is 9.83. The van der Waals surface area contributed by atoms with Crippen molar-refractivity contribution >= 4 is 34.1 Å². The van der Waals surface area contributed by atoms with Gasteiger partial charge < -0.3 is 10.8 Å². The Morgan fingerprint density at radius 1 is 1.58 bits per heavy atom. The summed E-state index contributed by atoms with van der Waals surface area (Å²) in [4.78, 5) is 10.9. The molecule has 0 aliphatic carbocycles. The number of benzene rings is 1. The van der Waals surface area contributed by atoms with Crippen molar-refractivity contribution in [3.63, 3.8) is 0 Å². The Morgan fingerprint density at radius 3 is 2.67 bits per heavy atom. The van der Waals surface area contributed by atoms with Crippen LogP contribution in [0.4, 0.5) is 5.69 Å². The number of carbonyl (C=O) groups excluding carboxylic acids is 1. The summed E-state index contributed by atoms with van der Waals surface area (Å²) in [7, 11) is 0. The maximum atomic E-state index is 10.9. The van der Waals surface area contributed by atoms with Gasteiger partial charge in [-0.3, -0.25) is 4.79 Å². The van der Waals surface area contributed by atoms with Gasteiger partial charge in [0.25, 0.3) is 0 Å². The number of hydrogen-bond donors (Lipinski definition) is 2. The predicted octanol–water partition coefficient (Wildman–Crippen LogP) is 1.78. The first-order valence-electron chi connectivity index (χ1n) is 3.32. The molecule has 0 saturated heterocycles. The van der Waals surface area contributed by atoms with Crippen LogP contribution in [0.1, 0.15) is 17.3 Å². The van der Waals surface area contributed by atoms with E-state index in [4.69, 9.17) is 5.73 Å². The van der Waals surface area contributed by atoms with Gasteiger partial charge in [0, 0.05) is 5.69 Å². The summed E-state index contributed by atoms with van der Waals surface area (Å²) >= 11 is 1.90. The van der Waals surface area contributed by atoms with Crippen molar-refractivity contribution in [1.29, 1.82) is 0 Å².